The van der Waals surface area contributed by atoms with Gasteiger partial charge in [-0.2, -0.15) is 0 Å². The first-order chi connectivity index (χ1) is 16.2. The van der Waals surface area contributed by atoms with Crippen molar-refractivity contribution in [1.82, 2.24) is 14.8 Å². The molecule has 0 unspecified atom stereocenters. The molecule has 1 aliphatic carbocycles. The van der Waals surface area contributed by atoms with Crippen LogP contribution in [0, 0.1) is 6.92 Å². The molecule has 2 aliphatic rings. The van der Waals surface area contributed by atoms with Crippen LogP contribution in [0.1, 0.15) is 24.4 Å². The molecule has 2 aromatic carbocycles. The van der Waals surface area contributed by atoms with Crippen molar-refractivity contribution < 1.29 is 14.3 Å². The number of carbonyl (C=O) groups excluding carboxylic acids is 1. The molecule has 33 heavy (non-hydrogen) atoms. The molecule has 1 aliphatic heterocycles. The van der Waals surface area contributed by atoms with Gasteiger partial charge in [0.25, 0.3) is 0 Å². The summed E-state index contributed by atoms with van der Waals surface area (Å²) in [5.41, 5.74) is 1.80. The maximum atomic E-state index is 12.8. The molecular weight excluding hydrogens is 438 g/mol. The van der Waals surface area contributed by atoms with Crippen LogP contribution in [0.4, 0.5) is 11.6 Å². The highest BCUT2D eigenvalue weighted by atomic mass is 32.2. The van der Waals surface area contributed by atoms with Crippen molar-refractivity contribution in [1.29, 1.82) is 0 Å². The summed E-state index contributed by atoms with van der Waals surface area (Å²) >= 11 is 1.42. The van der Waals surface area contributed by atoms with Gasteiger partial charge in [0.2, 0.25) is 11.9 Å². The highest BCUT2D eigenvalue weighted by Gasteiger charge is 2.32. The van der Waals surface area contributed by atoms with E-state index in [0.29, 0.717) is 30.7 Å². The summed E-state index contributed by atoms with van der Waals surface area (Å²) in [5.74, 6) is 2.35. The predicted octanol–water partition coefficient (Wildman–Crippen LogP) is 4.28. The Kier molecular flexibility index (Phi) is 6.50. The smallest absolute Gasteiger partial charge is 0.234 e. The lowest BCUT2D eigenvalue weighted by Gasteiger charge is -2.27. The molecule has 172 valence electrons. The monoisotopic (exact) mass is 465 g/mol. The molecule has 0 atom stereocenters. The van der Waals surface area contributed by atoms with E-state index in [-0.39, 0.29) is 11.7 Å². The Morgan fingerprint density at radius 2 is 1.88 bits per heavy atom. The fraction of sp³-hybridized carbons (Fsp3) is 0.375. The minimum Gasteiger partial charge on any atom is -0.455 e. The van der Waals surface area contributed by atoms with Crippen molar-refractivity contribution in [3.63, 3.8) is 0 Å². The first-order valence-electron chi connectivity index (χ1n) is 11.2. The Balaban J connectivity index is 1.24. The third-order valence-electron chi connectivity index (χ3n) is 5.59. The Hall–Kier alpha value is -3.04. The van der Waals surface area contributed by atoms with Crippen LogP contribution < -0.4 is 15.0 Å². The third-order valence-corrected chi connectivity index (χ3v) is 6.54. The molecule has 1 amide bonds. The quantitative estimate of drug-likeness (QED) is 0.497. The van der Waals surface area contributed by atoms with E-state index in [1.807, 2.05) is 55.5 Å². The van der Waals surface area contributed by atoms with E-state index in [0.717, 1.165) is 48.3 Å². The van der Waals surface area contributed by atoms with Gasteiger partial charge >= 0.3 is 0 Å². The molecule has 9 heteroatoms. The number of amides is 1. The highest BCUT2D eigenvalue weighted by molar-refractivity contribution is 7.99. The molecule has 1 aromatic heterocycles. The summed E-state index contributed by atoms with van der Waals surface area (Å²) in [6.07, 6.45) is 2.25. The van der Waals surface area contributed by atoms with Gasteiger partial charge in [0.1, 0.15) is 5.75 Å². The molecule has 1 saturated carbocycles. The van der Waals surface area contributed by atoms with Crippen molar-refractivity contribution in [3.8, 4) is 11.5 Å². The Morgan fingerprint density at radius 1 is 1.12 bits per heavy atom. The highest BCUT2D eigenvalue weighted by Crippen LogP contribution is 2.41. The Bertz CT molecular complexity index is 1110. The van der Waals surface area contributed by atoms with E-state index in [4.69, 9.17) is 9.47 Å². The molecule has 8 nitrogen and oxygen atoms in total. The first-order valence-corrected chi connectivity index (χ1v) is 12.2. The van der Waals surface area contributed by atoms with Crippen molar-refractivity contribution in [3.05, 3.63) is 54.1 Å². The van der Waals surface area contributed by atoms with Crippen LogP contribution >= 0.6 is 11.8 Å². The first kappa shape index (κ1) is 21.8. The largest absolute Gasteiger partial charge is 0.455 e. The summed E-state index contributed by atoms with van der Waals surface area (Å²) in [6.45, 7) is 5.06. The van der Waals surface area contributed by atoms with Crippen LogP contribution in [0.15, 0.2) is 53.7 Å². The van der Waals surface area contributed by atoms with Gasteiger partial charge in [-0.1, -0.05) is 41.6 Å². The second kappa shape index (κ2) is 9.84. The number of morpholine rings is 1. The zero-order valence-electron chi connectivity index (χ0n) is 18.6. The molecule has 1 N–H and O–H groups in total. The number of thioether (sulfide) groups is 1. The van der Waals surface area contributed by atoms with Crippen LogP contribution in [-0.2, 0) is 9.53 Å². The summed E-state index contributed by atoms with van der Waals surface area (Å²) in [7, 11) is 0. The number of benzene rings is 2. The summed E-state index contributed by atoms with van der Waals surface area (Å²) in [4.78, 5) is 15.0. The fourth-order valence-electron chi connectivity index (χ4n) is 3.71. The minimum absolute atomic E-state index is 0.113. The Morgan fingerprint density at radius 3 is 2.64 bits per heavy atom. The standard InChI is InChI=1S/C24H27N5O3S/c1-17-6-10-19(11-7-17)32-21-5-3-2-4-20(21)25-22(30)16-33-24-27-26-23(29(24)18-8-9-18)28-12-14-31-15-13-28/h2-7,10-11,18H,8-9,12-16H2,1H3,(H,25,30). The number of aromatic nitrogens is 3. The lowest BCUT2D eigenvalue weighted by molar-refractivity contribution is -0.113. The van der Waals surface area contributed by atoms with Crippen LogP contribution in [-0.4, -0.2) is 52.7 Å². The van der Waals surface area contributed by atoms with E-state index in [2.05, 4.69) is 25.0 Å². The number of aryl methyl sites for hydroxylation is 1. The second-order valence-corrected chi connectivity index (χ2v) is 9.17. The number of anilines is 2. The number of nitrogens with zero attached hydrogens (tertiary/aromatic N) is 4. The van der Waals surface area contributed by atoms with Gasteiger partial charge in [-0.25, -0.2) is 0 Å². The van der Waals surface area contributed by atoms with Crippen molar-refractivity contribution in [2.24, 2.45) is 0 Å². The molecular formula is C24H27N5O3S. The minimum atomic E-state index is -0.113. The normalized spacial score (nSPS) is 16.0. The van der Waals surface area contributed by atoms with Gasteiger partial charge in [-0.05, 0) is 44.0 Å². The molecule has 0 radical (unpaired) electrons. The molecule has 3 aromatic rings. The average Bonchev–Trinajstić information content (AvgIpc) is 3.59. The van der Waals surface area contributed by atoms with Crippen molar-refractivity contribution >= 4 is 29.3 Å². The summed E-state index contributed by atoms with van der Waals surface area (Å²) in [6, 6.07) is 15.7. The molecule has 0 bridgehead atoms. The Labute approximate surface area is 197 Å². The topological polar surface area (TPSA) is 81.5 Å². The van der Waals surface area contributed by atoms with Gasteiger partial charge in [0, 0.05) is 19.1 Å². The zero-order chi connectivity index (χ0) is 22.6. The van der Waals surface area contributed by atoms with Gasteiger partial charge in [-0.3, -0.25) is 9.36 Å². The maximum absolute atomic E-state index is 12.8. The predicted molar refractivity (Wildman–Crippen MR) is 128 cm³/mol. The molecule has 0 spiro atoms. The number of nitrogens with one attached hydrogen (secondary N) is 1. The van der Waals surface area contributed by atoms with E-state index >= 15 is 0 Å². The lowest BCUT2D eigenvalue weighted by atomic mass is 10.2. The van der Waals surface area contributed by atoms with Crippen molar-refractivity contribution in [2.75, 3.05) is 42.3 Å². The van der Waals surface area contributed by atoms with Crippen LogP contribution in [0.25, 0.3) is 0 Å². The maximum Gasteiger partial charge on any atom is 0.234 e. The van der Waals surface area contributed by atoms with Crippen LogP contribution in [0.3, 0.4) is 0 Å². The van der Waals surface area contributed by atoms with Crippen LogP contribution in [0.5, 0.6) is 11.5 Å². The summed E-state index contributed by atoms with van der Waals surface area (Å²) in [5, 5.41) is 12.6. The number of ether oxygens (including phenoxy) is 2. The number of hydrogen-bond donors (Lipinski definition) is 1. The van der Waals surface area contributed by atoms with E-state index in [9.17, 15) is 4.79 Å². The van der Waals surface area contributed by atoms with Gasteiger partial charge in [0.05, 0.1) is 24.7 Å². The molecule has 2 heterocycles. The number of rotatable bonds is 8. The van der Waals surface area contributed by atoms with Crippen molar-refractivity contribution in [2.45, 2.75) is 31.0 Å². The van der Waals surface area contributed by atoms with Gasteiger partial charge < -0.3 is 19.7 Å². The molecule has 2 fully saturated rings. The second-order valence-electron chi connectivity index (χ2n) is 8.23. The third kappa shape index (κ3) is 5.31. The zero-order valence-corrected chi connectivity index (χ0v) is 19.4. The number of para-hydroxylation sites is 2. The summed E-state index contributed by atoms with van der Waals surface area (Å²) < 4.78 is 13.7. The van der Waals surface area contributed by atoms with Gasteiger partial charge in [0.15, 0.2) is 10.9 Å². The fourth-order valence-corrected chi connectivity index (χ4v) is 4.51. The number of carbonyl (C=O) groups is 1. The molecule has 5 rings (SSSR count). The van der Waals surface area contributed by atoms with Gasteiger partial charge in [-0.15, -0.1) is 10.2 Å². The van der Waals surface area contributed by atoms with Crippen LogP contribution in [0.2, 0.25) is 0 Å². The SMILES string of the molecule is Cc1ccc(Oc2ccccc2NC(=O)CSc2nnc(N3CCOCC3)n2C2CC2)cc1. The molecule has 1 saturated heterocycles. The average molecular weight is 466 g/mol. The van der Waals surface area contributed by atoms with E-state index in [1.54, 1.807) is 0 Å². The lowest BCUT2D eigenvalue weighted by Crippen LogP contribution is -2.38. The van der Waals surface area contributed by atoms with E-state index < -0.39 is 0 Å². The van der Waals surface area contributed by atoms with E-state index in [1.165, 1.54) is 11.8 Å². The number of hydrogen-bond acceptors (Lipinski definition) is 7.